The zero-order valence-corrected chi connectivity index (χ0v) is 11.6. The Hall–Kier alpha value is -2.34. The van der Waals surface area contributed by atoms with Crippen molar-refractivity contribution in [3.05, 3.63) is 41.6 Å². The zero-order valence-electron chi connectivity index (χ0n) is 10.8. The van der Waals surface area contributed by atoms with Crippen molar-refractivity contribution in [3.63, 3.8) is 0 Å². The first-order valence-corrected chi connectivity index (χ1v) is 6.35. The number of nitrogens with one attached hydrogen (secondary N) is 2. The van der Waals surface area contributed by atoms with E-state index in [2.05, 4.69) is 20.6 Å². The molecule has 0 spiro atoms. The van der Waals surface area contributed by atoms with E-state index in [1.807, 2.05) is 30.3 Å². The van der Waals surface area contributed by atoms with Crippen LogP contribution in [-0.2, 0) is 4.79 Å². The van der Waals surface area contributed by atoms with Crippen molar-refractivity contribution in [2.75, 3.05) is 16.4 Å². The number of halogens is 1. The van der Waals surface area contributed by atoms with Gasteiger partial charge in [-0.25, -0.2) is 4.98 Å². The lowest BCUT2D eigenvalue weighted by Crippen LogP contribution is -2.32. The Kier molecular flexibility index (Phi) is 4.37. The summed E-state index contributed by atoms with van der Waals surface area (Å²) in [4.78, 5) is 19.7. The molecule has 104 valence electrons. The third kappa shape index (κ3) is 3.83. The molecule has 6 nitrogen and oxygen atoms in total. The van der Waals surface area contributed by atoms with Crippen LogP contribution >= 0.6 is 11.6 Å². The van der Waals surface area contributed by atoms with E-state index in [9.17, 15) is 4.79 Å². The molecule has 2 aromatic rings. The minimum absolute atomic E-state index is 0.0515. The lowest BCUT2D eigenvalue weighted by Gasteiger charge is -2.14. The van der Waals surface area contributed by atoms with Crippen LogP contribution in [0.15, 0.2) is 36.4 Å². The first kappa shape index (κ1) is 14.1. The second-order valence-corrected chi connectivity index (χ2v) is 4.54. The topological polar surface area (TPSA) is 92.9 Å². The molecule has 1 heterocycles. The van der Waals surface area contributed by atoms with Gasteiger partial charge in [0.2, 0.25) is 11.9 Å². The summed E-state index contributed by atoms with van der Waals surface area (Å²) >= 11 is 5.77. The van der Waals surface area contributed by atoms with Gasteiger partial charge in [0.1, 0.15) is 17.0 Å². The molecule has 0 aliphatic carbocycles. The molecule has 0 unspecified atom stereocenters. The van der Waals surface area contributed by atoms with Crippen molar-refractivity contribution in [1.29, 1.82) is 0 Å². The number of hydrogen-bond acceptors (Lipinski definition) is 5. The Balaban J connectivity index is 2.00. The predicted octanol–water partition coefficient (Wildman–Crippen LogP) is 2.15. The highest BCUT2D eigenvalue weighted by atomic mass is 35.5. The first-order chi connectivity index (χ1) is 9.54. The molecule has 0 fully saturated rings. The number of nitrogens with zero attached hydrogens (tertiary/aromatic N) is 2. The zero-order chi connectivity index (χ0) is 14.5. The Bertz CT molecular complexity index is 585. The smallest absolute Gasteiger partial charge is 0.246 e. The van der Waals surface area contributed by atoms with Crippen molar-refractivity contribution in [3.8, 4) is 0 Å². The Morgan fingerprint density at radius 3 is 2.65 bits per heavy atom. The molecular formula is C13H14ClN5O. The van der Waals surface area contributed by atoms with Crippen LogP contribution < -0.4 is 16.4 Å². The van der Waals surface area contributed by atoms with E-state index >= 15 is 0 Å². The molecule has 0 aliphatic rings. The molecule has 0 radical (unpaired) electrons. The number of nitrogens with two attached hydrogens (primary N) is 1. The van der Waals surface area contributed by atoms with Gasteiger partial charge in [-0.15, -0.1) is 0 Å². The number of benzene rings is 1. The number of rotatable bonds is 4. The average molecular weight is 292 g/mol. The Labute approximate surface area is 121 Å². The van der Waals surface area contributed by atoms with Gasteiger partial charge in [-0.2, -0.15) is 4.98 Å². The highest BCUT2D eigenvalue weighted by Gasteiger charge is 2.14. The average Bonchev–Trinajstić information content (AvgIpc) is 2.38. The summed E-state index contributed by atoms with van der Waals surface area (Å²) in [7, 11) is 0. The van der Waals surface area contributed by atoms with Crippen molar-refractivity contribution in [1.82, 2.24) is 9.97 Å². The third-order valence-corrected chi connectivity index (χ3v) is 2.70. The molecule has 0 saturated heterocycles. The van der Waals surface area contributed by atoms with Gasteiger partial charge in [-0.1, -0.05) is 29.8 Å². The molecule has 2 rings (SSSR count). The molecule has 0 aliphatic heterocycles. The van der Waals surface area contributed by atoms with Gasteiger partial charge >= 0.3 is 0 Å². The van der Waals surface area contributed by atoms with Crippen molar-refractivity contribution in [2.45, 2.75) is 13.0 Å². The molecule has 0 saturated carbocycles. The summed E-state index contributed by atoms with van der Waals surface area (Å²) in [5.74, 6) is 0.262. The van der Waals surface area contributed by atoms with E-state index in [1.54, 1.807) is 6.92 Å². The maximum atomic E-state index is 12.0. The predicted molar refractivity (Wildman–Crippen MR) is 79.6 cm³/mol. The van der Waals surface area contributed by atoms with Gasteiger partial charge in [0.15, 0.2) is 0 Å². The van der Waals surface area contributed by atoms with Gasteiger partial charge < -0.3 is 16.4 Å². The van der Waals surface area contributed by atoms with Gasteiger partial charge in [-0.05, 0) is 19.1 Å². The van der Waals surface area contributed by atoms with E-state index in [4.69, 9.17) is 17.3 Å². The highest BCUT2D eigenvalue weighted by molar-refractivity contribution is 6.29. The second kappa shape index (κ2) is 6.21. The van der Waals surface area contributed by atoms with Gasteiger partial charge in [-0.3, -0.25) is 4.79 Å². The molecule has 1 amide bonds. The number of nitrogen functional groups attached to an aromatic ring is 1. The van der Waals surface area contributed by atoms with E-state index < -0.39 is 6.04 Å². The number of carbonyl (C=O) groups is 1. The van der Waals surface area contributed by atoms with E-state index in [1.165, 1.54) is 6.07 Å². The quantitative estimate of drug-likeness (QED) is 0.751. The van der Waals surface area contributed by atoms with Crippen molar-refractivity contribution < 1.29 is 4.79 Å². The fourth-order valence-electron chi connectivity index (χ4n) is 1.57. The van der Waals surface area contributed by atoms with Crippen LogP contribution in [0.2, 0.25) is 5.15 Å². The summed E-state index contributed by atoms with van der Waals surface area (Å²) < 4.78 is 0. The fraction of sp³-hybridized carbons (Fsp3) is 0.154. The molecule has 1 aromatic heterocycles. The van der Waals surface area contributed by atoms with Crippen LogP contribution in [0.5, 0.6) is 0 Å². The van der Waals surface area contributed by atoms with E-state index in [0.29, 0.717) is 5.82 Å². The highest BCUT2D eigenvalue weighted by Crippen LogP contribution is 2.14. The lowest BCUT2D eigenvalue weighted by molar-refractivity contribution is -0.116. The molecule has 7 heteroatoms. The third-order valence-electron chi connectivity index (χ3n) is 2.51. The largest absolute Gasteiger partial charge is 0.368 e. The summed E-state index contributed by atoms with van der Waals surface area (Å²) in [5.41, 5.74) is 6.22. The van der Waals surface area contributed by atoms with E-state index in [0.717, 1.165) is 5.69 Å². The van der Waals surface area contributed by atoms with Gasteiger partial charge in [0.05, 0.1) is 0 Å². The number of carbonyl (C=O) groups excluding carboxylic acids is 1. The fourth-order valence-corrected chi connectivity index (χ4v) is 1.76. The minimum Gasteiger partial charge on any atom is -0.368 e. The van der Waals surface area contributed by atoms with Crippen LogP contribution in [0.4, 0.5) is 17.5 Å². The van der Waals surface area contributed by atoms with E-state index in [-0.39, 0.29) is 17.0 Å². The van der Waals surface area contributed by atoms with Crippen LogP contribution in [0, 0.1) is 0 Å². The SMILES string of the molecule is C[C@H](Nc1cc(Cl)nc(N)n1)C(=O)Nc1ccccc1. The molecule has 4 N–H and O–H groups in total. The molecule has 1 aromatic carbocycles. The number of hydrogen-bond donors (Lipinski definition) is 3. The first-order valence-electron chi connectivity index (χ1n) is 5.97. The molecule has 20 heavy (non-hydrogen) atoms. The van der Waals surface area contributed by atoms with Crippen LogP contribution in [0.1, 0.15) is 6.92 Å². The van der Waals surface area contributed by atoms with Gasteiger partial charge in [0.25, 0.3) is 0 Å². The molecule has 1 atom stereocenters. The number of amides is 1. The second-order valence-electron chi connectivity index (χ2n) is 4.16. The van der Waals surface area contributed by atoms with Crippen LogP contribution in [0.25, 0.3) is 0 Å². The van der Waals surface area contributed by atoms with Crippen molar-refractivity contribution in [2.24, 2.45) is 0 Å². The Morgan fingerprint density at radius 1 is 1.30 bits per heavy atom. The van der Waals surface area contributed by atoms with Crippen LogP contribution in [-0.4, -0.2) is 21.9 Å². The normalized spacial score (nSPS) is 11.7. The minimum atomic E-state index is -0.499. The lowest BCUT2D eigenvalue weighted by atomic mass is 10.2. The Morgan fingerprint density at radius 2 is 2.00 bits per heavy atom. The van der Waals surface area contributed by atoms with Gasteiger partial charge in [0, 0.05) is 11.8 Å². The standard InChI is InChI=1S/C13H14ClN5O/c1-8(12(20)17-9-5-3-2-4-6-9)16-11-7-10(14)18-13(15)19-11/h2-8H,1H3,(H,17,20)(H3,15,16,18,19)/t8-/m0/s1. The monoisotopic (exact) mass is 291 g/mol. The summed E-state index contributed by atoms with van der Waals surface area (Å²) in [6.07, 6.45) is 0. The van der Waals surface area contributed by atoms with Crippen molar-refractivity contribution >= 4 is 35.0 Å². The molecular weight excluding hydrogens is 278 g/mol. The molecule has 0 bridgehead atoms. The summed E-state index contributed by atoms with van der Waals surface area (Å²) in [6, 6.07) is 10.2. The number of aromatic nitrogens is 2. The number of para-hydroxylation sites is 1. The summed E-state index contributed by atoms with van der Waals surface area (Å²) in [5, 5.41) is 5.92. The number of anilines is 3. The summed E-state index contributed by atoms with van der Waals surface area (Å²) in [6.45, 7) is 1.71. The maximum Gasteiger partial charge on any atom is 0.246 e. The maximum absolute atomic E-state index is 12.0. The van der Waals surface area contributed by atoms with Crippen LogP contribution in [0.3, 0.4) is 0 Å².